The topological polar surface area (TPSA) is 18.5 Å². The normalized spacial score (nSPS) is 29.8. The van der Waals surface area contributed by atoms with Crippen LogP contribution in [0.1, 0.15) is 50.7 Å². The molecule has 2 aliphatic rings. The third-order valence-corrected chi connectivity index (χ3v) is 4.62. The van der Waals surface area contributed by atoms with Gasteiger partial charge in [0.2, 0.25) is 0 Å². The number of benzene rings is 1. The molecule has 0 aromatic heterocycles. The Labute approximate surface area is 124 Å². The van der Waals surface area contributed by atoms with Crippen LogP contribution >= 0.6 is 23.2 Å². The van der Waals surface area contributed by atoms with Crippen molar-refractivity contribution in [3.63, 3.8) is 0 Å². The predicted octanol–water partition coefficient (Wildman–Crippen LogP) is 5.13. The van der Waals surface area contributed by atoms with Crippen LogP contribution in [-0.2, 0) is 9.47 Å². The van der Waals surface area contributed by atoms with Gasteiger partial charge in [-0.05, 0) is 31.9 Å². The van der Waals surface area contributed by atoms with Gasteiger partial charge < -0.3 is 9.47 Å². The highest BCUT2D eigenvalue weighted by atomic mass is 35.5. The summed E-state index contributed by atoms with van der Waals surface area (Å²) < 4.78 is 12.4. The molecule has 1 aromatic carbocycles. The number of halogens is 2. The second-order valence-electron chi connectivity index (χ2n) is 5.50. The molecule has 0 bridgehead atoms. The van der Waals surface area contributed by atoms with E-state index in [1.54, 1.807) is 6.07 Å². The van der Waals surface area contributed by atoms with E-state index in [2.05, 4.69) is 6.92 Å². The van der Waals surface area contributed by atoms with Gasteiger partial charge in [-0.25, -0.2) is 0 Å². The molecule has 104 valence electrons. The van der Waals surface area contributed by atoms with Crippen molar-refractivity contribution in [1.29, 1.82) is 0 Å². The van der Waals surface area contributed by atoms with Crippen molar-refractivity contribution < 1.29 is 9.47 Å². The first-order valence-electron chi connectivity index (χ1n) is 6.90. The first-order chi connectivity index (χ1) is 9.10. The van der Waals surface area contributed by atoms with Crippen LogP contribution in [0.25, 0.3) is 0 Å². The lowest BCUT2D eigenvalue weighted by Gasteiger charge is -2.31. The number of hydrogen-bond donors (Lipinski definition) is 0. The van der Waals surface area contributed by atoms with Crippen molar-refractivity contribution in [2.45, 2.75) is 57.0 Å². The summed E-state index contributed by atoms with van der Waals surface area (Å²) in [5.74, 6) is -0.384. The summed E-state index contributed by atoms with van der Waals surface area (Å²) in [5, 5.41) is 1.30. The van der Waals surface area contributed by atoms with Gasteiger partial charge in [-0.3, -0.25) is 0 Å². The molecular formula is C15H18Cl2O2. The van der Waals surface area contributed by atoms with Crippen LogP contribution in [-0.4, -0.2) is 11.9 Å². The highest BCUT2D eigenvalue weighted by Crippen LogP contribution is 2.47. The lowest BCUT2D eigenvalue weighted by atomic mass is 9.94. The van der Waals surface area contributed by atoms with Crippen LogP contribution in [0.2, 0.25) is 10.0 Å². The highest BCUT2D eigenvalue weighted by molar-refractivity contribution is 6.35. The standard InChI is InChI=1S/C15H18Cl2O2/c1-10-14(12-6-5-11(16)9-13(12)17)19-15(18-10)7-3-2-4-8-15/h5-6,9-10,14H,2-4,7-8H2,1H3/t10-,14+/m1/s1. The van der Waals surface area contributed by atoms with Crippen LogP contribution < -0.4 is 0 Å². The molecule has 3 rings (SSSR count). The summed E-state index contributed by atoms with van der Waals surface area (Å²) >= 11 is 12.2. The van der Waals surface area contributed by atoms with Gasteiger partial charge in [0.05, 0.1) is 6.10 Å². The maximum atomic E-state index is 6.28. The fourth-order valence-corrected chi connectivity index (χ4v) is 3.65. The molecule has 1 aliphatic heterocycles. The fourth-order valence-electron chi connectivity index (χ4n) is 3.13. The van der Waals surface area contributed by atoms with Gasteiger partial charge >= 0.3 is 0 Å². The van der Waals surface area contributed by atoms with E-state index in [1.165, 1.54) is 19.3 Å². The molecule has 0 amide bonds. The van der Waals surface area contributed by atoms with Crippen molar-refractivity contribution in [3.8, 4) is 0 Å². The molecule has 2 atom stereocenters. The molecule has 0 N–H and O–H groups in total. The average Bonchev–Trinajstić information content (AvgIpc) is 2.67. The molecule has 0 radical (unpaired) electrons. The molecule has 1 heterocycles. The van der Waals surface area contributed by atoms with Gasteiger partial charge in [0, 0.05) is 28.5 Å². The zero-order chi connectivity index (χ0) is 13.5. The fraction of sp³-hybridized carbons (Fsp3) is 0.600. The van der Waals surface area contributed by atoms with Crippen molar-refractivity contribution in [2.75, 3.05) is 0 Å². The summed E-state index contributed by atoms with van der Waals surface area (Å²) in [7, 11) is 0. The van der Waals surface area contributed by atoms with E-state index in [9.17, 15) is 0 Å². The minimum atomic E-state index is -0.384. The summed E-state index contributed by atoms with van der Waals surface area (Å²) in [6.07, 6.45) is 5.52. The van der Waals surface area contributed by atoms with Crippen molar-refractivity contribution in [3.05, 3.63) is 33.8 Å². The van der Waals surface area contributed by atoms with Gasteiger partial charge in [-0.15, -0.1) is 0 Å². The minimum Gasteiger partial charge on any atom is -0.344 e. The first kappa shape index (κ1) is 13.7. The molecule has 2 fully saturated rings. The number of rotatable bonds is 1. The predicted molar refractivity (Wildman–Crippen MR) is 76.7 cm³/mol. The number of ether oxygens (including phenoxy) is 2. The monoisotopic (exact) mass is 300 g/mol. The second kappa shape index (κ2) is 5.25. The van der Waals surface area contributed by atoms with E-state index in [0.29, 0.717) is 10.0 Å². The molecule has 2 nitrogen and oxygen atoms in total. The molecule has 1 saturated heterocycles. The van der Waals surface area contributed by atoms with E-state index in [1.807, 2.05) is 12.1 Å². The van der Waals surface area contributed by atoms with Crippen molar-refractivity contribution in [2.24, 2.45) is 0 Å². The Balaban J connectivity index is 1.85. The van der Waals surface area contributed by atoms with Crippen LogP contribution in [0.4, 0.5) is 0 Å². The molecule has 1 saturated carbocycles. The molecule has 1 spiro atoms. The van der Waals surface area contributed by atoms with E-state index < -0.39 is 0 Å². The van der Waals surface area contributed by atoms with E-state index in [0.717, 1.165) is 18.4 Å². The molecule has 4 heteroatoms. The Morgan fingerprint density at radius 3 is 2.53 bits per heavy atom. The Morgan fingerprint density at radius 1 is 1.11 bits per heavy atom. The summed E-state index contributed by atoms with van der Waals surface area (Å²) in [6.45, 7) is 2.05. The molecule has 0 unspecified atom stereocenters. The minimum absolute atomic E-state index is 0.0248. The average molecular weight is 301 g/mol. The Hall–Kier alpha value is -0.280. The van der Waals surface area contributed by atoms with E-state index in [-0.39, 0.29) is 18.0 Å². The summed E-state index contributed by atoms with van der Waals surface area (Å²) in [4.78, 5) is 0. The summed E-state index contributed by atoms with van der Waals surface area (Å²) in [5.41, 5.74) is 0.973. The van der Waals surface area contributed by atoms with Crippen LogP contribution in [0.3, 0.4) is 0 Å². The maximum absolute atomic E-state index is 6.28. The molecule has 1 aromatic rings. The molecule has 19 heavy (non-hydrogen) atoms. The van der Waals surface area contributed by atoms with Gasteiger partial charge in [-0.2, -0.15) is 0 Å². The second-order valence-corrected chi connectivity index (χ2v) is 6.34. The van der Waals surface area contributed by atoms with Crippen molar-refractivity contribution in [1.82, 2.24) is 0 Å². The summed E-state index contributed by atoms with van der Waals surface area (Å²) in [6, 6.07) is 5.56. The van der Waals surface area contributed by atoms with Crippen LogP contribution in [0, 0.1) is 0 Å². The van der Waals surface area contributed by atoms with Gasteiger partial charge in [0.1, 0.15) is 6.10 Å². The van der Waals surface area contributed by atoms with Crippen LogP contribution in [0.15, 0.2) is 18.2 Å². The third kappa shape index (κ3) is 2.64. The highest BCUT2D eigenvalue weighted by Gasteiger charge is 2.47. The Morgan fingerprint density at radius 2 is 1.84 bits per heavy atom. The van der Waals surface area contributed by atoms with Crippen LogP contribution in [0.5, 0.6) is 0 Å². The number of hydrogen-bond acceptors (Lipinski definition) is 2. The Kier molecular flexibility index (Phi) is 3.78. The quantitative estimate of drug-likeness (QED) is 0.716. The van der Waals surface area contributed by atoms with Gasteiger partial charge in [-0.1, -0.05) is 35.7 Å². The molecule has 1 aliphatic carbocycles. The maximum Gasteiger partial charge on any atom is 0.169 e. The zero-order valence-electron chi connectivity index (χ0n) is 11.0. The van der Waals surface area contributed by atoms with Gasteiger partial charge in [0.25, 0.3) is 0 Å². The smallest absolute Gasteiger partial charge is 0.169 e. The van der Waals surface area contributed by atoms with Crippen molar-refractivity contribution >= 4 is 23.2 Å². The SMILES string of the molecule is C[C@H]1OC2(CCCCC2)O[C@@H]1c1ccc(Cl)cc1Cl. The largest absolute Gasteiger partial charge is 0.344 e. The lowest BCUT2D eigenvalue weighted by Crippen LogP contribution is -2.33. The lowest BCUT2D eigenvalue weighted by molar-refractivity contribution is -0.193. The third-order valence-electron chi connectivity index (χ3n) is 4.05. The van der Waals surface area contributed by atoms with E-state index in [4.69, 9.17) is 32.7 Å². The Bertz CT molecular complexity index is 469. The van der Waals surface area contributed by atoms with Gasteiger partial charge in [0.15, 0.2) is 5.79 Å². The molecular weight excluding hydrogens is 283 g/mol. The first-order valence-corrected chi connectivity index (χ1v) is 7.66. The van der Waals surface area contributed by atoms with E-state index >= 15 is 0 Å². The zero-order valence-corrected chi connectivity index (χ0v) is 12.5.